The van der Waals surface area contributed by atoms with Crippen LogP contribution in [0.4, 0.5) is 0 Å². The van der Waals surface area contributed by atoms with Crippen LogP contribution < -0.4 is 0 Å². The van der Waals surface area contributed by atoms with Crippen LogP contribution in [0.5, 0.6) is 0 Å². The van der Waals surface area contributed by atoms with Crippen molar-refractivity contribution >= 4 is 11.9 Å². The fraction of sp³-hybridized carbons (Fsp3) is 0.818. The molecule has 1 fully saturated rings. The second-order valence-electron chi connectivity index (χ2n) is 4.46. The van der Waals surface area contributed by atoms with Gasteiger partial charge in [0.1, 0.15) is 6.04 Å². The molecule has 2 unspecified atom stereocenters. The number of amides is 1. The van der Waals surface area contributed by atoms with Crippen molar-refractivity contribution in [1.29, 1.82) is 0 Å². The zero-order valence-corrected chi connectivity index (χ0v) is 10.5. The lowest BCUT2D eigenvalue weighted by Gasteiger charge is -2.22. The Morgan fingerprint density at radius 2 is 2.12 bits per heavy atom. The Morgan fingerprint density at radius 1 is 1.47 bits per heavy atom. The molecule has 1 saturated heterocycles. The van der Waals surface area contributed by atoms with Gasteiger partial charge in [0.2, 0.25) is 5.91 Å². The third-order valence-corrected chi connectivity index (χ3v) is 2.97. The van der Waals surface area contributed by atoms with Gasteiger partial charge in [-0.05, 0) is 0 Å². The number of methoxy groups -OCH3 is 1. The summed E-state index contributed by atoms with van der Waals surface area (Å²) in [6.07, 6.45) is 0.198. The van der Waals surface area contributed by atoms with E-state index in [0.29, 0.717) is 25.9 Å². The fourth-order valence-electron chi connectivity index (χ4n) is 1.97. The van der Waals surface area contributed by atoms with Crippen LogP contribution in [0.15, 0.2) is 0 Å². The molecule has 6 nitrogen and oxygen atoms in total. The number of hydrogen-bond acceptors (Lipinski definition) is 5. The molecule has 17 heavy (non-hydrogen) atoms. The van der Waals surface area contributed by atoms with Crippen LogP contribution in [0, 0.1) is 0 Å². The van der Waals surface area contributed by atoms with E-state index in [0.717, 1.165) is 0 Å². The predicted molar refractivity (Wildman–Crippen MR) is 61.3 cm³/mol. The summed E-state index contributed by atoms with van der Waals surface area (Å²) in [7, 11) is 4.72. The number of carbonyl (C=O) groups excluding carboxylic acids is 2. The highest BCUT2D eigenvalue weighted by atomic mass is 16.5. The van der Waals surface area contributed by atoms with Gasteiger partial charge in [0.15, 0.2) is 0 Å². The highest BCUT2D eigenvalue weighted by Crippen LogP contribution is 2.19. The van der Waals surface area contributed by atoms with Crippen molar-refractivity contribution in [2.24, 2.45) is 0 Å². The first-order chi connectivity index (χ1) is 7.95. The zero-order chi connectivity index (χ0) is 13.0. The Hall–Kier alpha value is -1.14. The van der Waals surface area contributed by atoms with Gasteiger partial charge in [-0.3, -0.25) is 14.5 Å². The van der Waals surface area contributed by atoms with Crippen molar-refractivity contribution in [3.05, 3.63) is 0 Å². The molecule has 2 atom stereocenters. The van der Waals surface area contributed by atoms with Crippen LogP contribution in [0.2, 0.25) is 0 Å². The summed E-state index contributed by atoms with van der Waals surface area (Å²) in [5, 5.41) is 9.54. The summed E-state index contributed by atoms with van der Waals surface area (Å²) in [6, 6.07) is -0.426. The number of aliphatic hydroxyl groups is 1. The number of aliphatic hydroxyl groups excluding tert-OH is 1. The minimum atomic E-state index is -0.520. The lowest BCUT2D eigenvalue weighted by molar-refractivity contribution is -0.146. The average Bonchev–Trinajstić information content (AvgIpc) is 2.66. The number of β-amino-alcohol motifs (C(OH)–C–C–N with tert-alkyl or cyclic N) is 1. The van der Waals surface area contributed by atoms with Crippen LogP contribution in [0.3, 0.4) is 0 Å². The summed E-state index contributed by atoms with van der Waals surface area (Å²) in [5.41, 5.74) is 0. The molecule has 0 aromatic heterocycles. The number of rotatable bonds is 4. The van der Waals surface area contributed by atoms with Crippen molar-refractivity contribution in [1.82, 2.24) is 9.80 Å². The fourth-order valence-corrected chi connectivity index (χ4v) is 1.97. The van der Waals surface area contributed by atoms with Crippen LogP contribution in [-0.4, -0.2) is 73.2 Å². The molecule has 1 aliphatic heterocycles. The Bertz CT molecular complexity index is 293. The molecule has 6 heteroatoms. The topological polar surface area (TPSA) is 70.1 Å². The zero-order valence-electron chi connectivity index (χ0n) is 10.5. The van der Waals surface area contributed by atoms with Crippen molar-refractivity contribution in [3.8, 4) is 0 Å². The van der Waals surface area contributed by atoms with Gasteiger partial charge in [0, 0.05) is 40.0 Å². The van der Waals surface area contributed by atoms with E-state index in [1.807, 2.05) is 0 Å². The highest BCUT2D eigenvalue weighted by molar-refractivity contribution is 5.77. The molecule has 1 heterocycles. The van der Waals surface area contributed by atoms with Gasteiger partial charge >= 0.3 is 5.97 Å². The van der Waals surface area contributed by atoms with Crippen molar-refractivity contribution < 1.29 is 19.4 Å². The Kier molecular flexibility index (Phi) is 4.89. The second kappa shape index (κ2) is 5.97. The lowest BCUT2D eigenvalue weighted by Crippen LogP contribution is -2.39. The lowest BCUT2D eigenvalue weighted by atomic mass is 10.2. The number of likely N-dealkylation sites (tertiary alicyclic amines) is 1. The first-order valence-electron chi connectivity index (χ1n) is 5.65. The van der Waals surface area contributed by atoms with Crippen LogP contribution >= 0.6 is 0 Å². The van der Waals surface area contributed by atoms with Crippen LogP contribution in [0.1, 0.15) is 12.8 Å². The molecule has 1 aliphatic rings. The minimum Gasteiger partial charge on any atom is -0.468 e. The van der Waals surface area contributed by atoms with E-state index in [2.05, 4.69) is 4.74 Å². The van der Waals surface area contributed by atoms with E-state index in [9.17, 15) is 14.7 Å². The summed E-state index contributed by atoms with van der Waals surface area (Å²) in [5.74, 6) is -0.339. The van der Waals surface area contributed by atoms with Gasteiger partial charge in [-0.25, -0.2) is 0 Å². The third-order valence-electron chi connectivity index (χ3n) is 2.97. The molecule has 1 rings (SSSR count). The third kappa shape index (κ3) is 3.67. The van der Waals surface area contributed by atoms with Gasteiger partial charge in [-0.2, -0.15) is 0 Å². The molecule has 1 N–H and O–H groups in total. The van der Waals surface area contributed by atoms with Crippen molar-refractivity contribution in [2.75, 3.05) is 34.3 Å². The van der Waals surface area contributed by atoms with E-state index in [1.165, 1.54) is 12.0 Å². The van der Waals surface area contributed by atoms with E-state index in [1.54, 1.807) is 19.0 Å². The molecule has 0 spiro atoms. The maximum absolute atomic E-state index is 11.5. The normalized spacial score (nSPS) is 24.7. The van der Waals surface area contributed by atoms with Gasteiger partial charge in [0.25, 0.3) is 0 Å². The van der Waals surface area contributed by atoms with Gasteiger partial charge in [-0.1, -0.05) is 0 Å². The van der Waals surface area contributed by atoms with Crippen molar-refractivity contribution in [3.63, 3.8) is 0 Å². The maximum Gasteiger partial charge on any atom is 0.323 e. The van der Waals surface area contributed by atoms with Crippen molar-refractivity contribution in [2.45, 2.75) is 25.0 Å². The van der Waals surface area contributed by atoms with Gasteiger partial charge < -0.3 is 14.7 Å². The first kappa shape index (κ1) is 13.9. The number of ether oxygens (including phenoxy) is 1. The summed E-state index contributed by atoms with van der Waals surface area (Å²) in [6.45, 7) is 0.883. The van der Waals surface area contributed by atoms with Gasteiger partial charge in [0.05, 0.1) is 13.2 Å². The SMILES string of the molecule is COC(=O)C1CC(O)CN1CCC(=O)N(C)C. The summed E-state index contributed by atoms with van der Waals surface area (Å²) in [4.78, 5) is 26.2. The molecule has 1 amide bonds. The Balaban J connectivity index is 2.50. The molecule has 0 aliphatic carbocycles. The molecule has 0 saturated carbocycles. The number of hydrogen-bond donors (Lipinski definition) is 1. The molecule has 0 aromatic rings. The maximum atomic E-state index is 11.5. The molecule has 98 valence electrons. The minimum absolute atomic E-state index is 0.00926. The number of esters is 1. The quantitative estimate of drug-likeness (QED) is 0.647. The molecular weight excluding hydrogens is 224 g/mol. The number of nitrogens with zero attached hydrogens (tertiary/aromatic N) is 2. The van der Waals surface area contributed by atoms with E-state index in [-0.39, 0.29) is 11.9 Å². The summed E-state index contributed by atoms with van der Waals surface area (Å²) >= 11 is 0. The molecule has 0 aromatic carbocycles. The predicted octanol–water partition coefficient (Wildman–Crippen LogP) is -0.927. The summed E-state index contributed by atoms with van der Waals surface area (Å²) < 4.78 is 4.68. The highest BCUT2D eigenvalue weighted by Gasteiger charge is 2.36. The van der Waals surface area contributed by atoms with E-state index in [4.69, 9.17) is 0 Å². The molecular formula is C11H20N2O4. The van der Waals surface area contributed by atoms with Gasteiger partial charge in [-0.15, -0.1) is 0 Å². The Morgan fingerprint density at radius 3 is 2.65 bits per heavy atom. The number of carbonyl (C=O) groups is 2. The van der Waals surface area contributed by atoms with Crippen LogP contribution in [0.25, 0.3) is 0 Å². The second-order valence-corrected chi connectivity index (χ2v) is 4.46. The molecule has 0 radical (unpaired) electrons. The molecule has 0 bridgehead atoms. The monoisotopic (exact) mass is 244 g/mol. The largest absolute Gasteiger partial charge is 0.468 e. The average molecular weight is 244 g/mol. The van der Waals surface area contributed by atoms with E-state index >= 15 is 0 Å². The first-order valence-corrected chi connectivity index (χ1v) is 5.65. The van der Waals surface area contributed by atoms with E-state index < -0.39 is 12.1 Å². The smallest absolute Gasteiger partial charge is 0.323 e. The standard InChI is InChI=1S/C11H20N2O4/c1-12(2)10(15)4-5-13-7-8(14)6-9(13)11(16)17-3/h8-9,14H,4-7H2,1-3H3. The van der Waals surface area contributed by atoms with Crippen LogP contribution in [-0.2, 0) is 14.3 Å². The Labute approximate surface area is 101 Å².